The summed E-state index contributed by atoms with van der Waals surface area (Å²) in [4.78, 5) is 0. The Bertz CT molecular complexity index is 149. The first-order chi connectivity index (χ1) is 4.43. The van der Waals surface area contributed by atoms with Crippen molar-refractivity contribution in [3.8, 4) is 0 Å². The topological polar surface area (TPSA) is 51.8 Å². The van der Waals surface area contributed by atoms with Gasteiger partial charge in [-0.25, -0.2) is 0 Å². The number of nitrogens with two attached hydrogens (primary N) is 1. The summed E-state index contributed by atoms with van der Waals surface area (Å²) in [5.74, 6) is 0. The van der Waals surface area contributed by atoms with Gasteiger partial charge in [-0.05, 0) is 19.4 Å². The fourth-order valence-electron chi connectivity index (χ4n) is 0.577. The van der Waals surface area contributed by atoms with Crippen molar-refractivity contribution in [2.45, 2.75) is 12.8 Å². The lowest BCUT2D eigenvalue weighted by atomic mass is 10.2. The highest BCUT2D eigenvalue weighted by atomic mass is 32.1. The average Bonchev–Trinajstić information content (AvgIpc) is 2.34. The Morgan fingerprint density at radius 1 is 1.67 bits per heavy atom. The molecule has 0 saturated heterocycles. The van der Waals surface area contributed by atoms with Gasteiger partial charge in [0.2, 0.25) is 0 Å². The number of aryl methyl sites for hydroxylation is 1. The molecule has 1 aromatic heterocycles. The van der Waals surface area contributed by atoms with E-state index in [-0.39, 0.29) is 0 Å². The molecule has 1 heterocycles. The highest BCUT2D eigenvalue weighted by Gasteiger charge is 1.92. The van der Waals surface area contributed by atoms with E-state index in [0.717, 1.165) is 25.1 Å². The zero-order valence-corrected chi connectivity index (χ0v) is 5.90. The minimum atomic E-state index is 0.734. The molecule has 4 heteroatoms. The SMILES string of the molecule is NCCCc1cnsn1. The molecule has 0 unspecified atom stereocenters. The van der Waals surface area contributed by atoms with E-state index in [9.17, 15) is 0 Å². The molecule has 0 fully saturated rings. The van der Waals surface area contributed by atoms with E-state index < -0.39 is 0 Å². The summed E-state index contributed by atoms with van der Waals surface area (Å²) < 4.78 is 7.89. The summed E-state index contributed by atoms with van der Waals surface area (Å²) in [6, 6.07) is 0. The molecule has 1 aromatic rings. The van der Waals surface area contributed by atoms with Crippen LogP contribution in [-0.2, 0) is 6.42 Å². The molecule has 0 aliphatic carbocycles. The zero-order valence-electron chi connectivity index (χ0n) is 5.08. The average molecular weight is 143 g/mol. The van der Waals surface area contributed by atoms with Gasteiger partial charge in [0.25, 0.3) is 0 Å². The van der Waals surface area contributed by atoms with Gasteiger partial charge in [-0.2, -0.15) is 8.75 Å². The van der Waals surface area contributed by atoms with Gasteiger partial charge in [0.15, 0.2) is 0 Å². The van der Waals surface area contributed by atoms with Gasteiger partial charge in [0, 0.05) is 0 Å². The molecule has 2 N–H and O–H groups in total. The van der Waals surface area contributed by atoms with E-state index >= 15 is 0 Å². The van der Waals surface area contributed by atoms with Crippen molar-refractivity contribution in [2.24, 2.45) is 5.73 Å². The highest BCUT2D eigenvalue weighted by molar-refractivity contribution is 6.99. The molecule has 3 nitrogen and oxygen atoms in total. The van der Waals surface area contributed by atoms with E-state index in [2.05, 4.69) is 8.75 Å². The Kier molecular flexibility index (Phi) is 2.60. The van der Waals surface area contributed by atoms with Crippen molar-refractivity contribution in [2.75, 3.05) is 6.54 Å². The van der Waals surface area contributed by atoms with Crippen LogP contribution in [0.15, 0.2) is 6.20 Å². The van der Waals surface area contributed by atoms with Crippen molar-refractivity contribution in [1.82, 2.24) is 8.75 Å². The first-order valence-corrected chi connectivity index (χ1v) is 3.63. The van der Waals surface area contributed by atoms with Crippen LogP contribution >= 0.6 is 11.7 Å². The second-order valence-corrected chi connectivity index (χ2v) is 2.35. The smallest absolute Gasteiger partial charge is 0.0743 e. The molecular weight excluding hydrogens is 134 g/mol. The van der Waals surface area contributed by atoms with E-state index in [1.807, 2.05) is 0 Å². The minimum absolute atomic E-state index is 0.734. The third kappa shape index (κ3) is 2.07. The third-order valence-corrected chi connectivity index (χ3v) is 1.56. The van der Waals surface area contributed by atoms with Gasteiger partial charge >= 0.3 is 0 Å². The van der Waals surface area contributed by atoms with Crippen LogP contribution < -0.4 is 5.73 Å². The first-order valence-electron chi connectivity index (χ1n) is 2.90. The van der Waals surface area contributed by atoms with Crippen molar-refractivity contribution in [1.29, 1.82) is 0 Å². The third-order valence-electron chi connectivity index (χ3n) is 1.04. The lowest BCUT2D eigenvalue weighted by Crippen LogP contribution is -2.00. The lowest BCUT2D eigenvalue weighted by Gasteiger charge is -1.88. The van der Waals surface area contributed by atoms with Gasteiger partial charge in [0.1, 0.15) is 0 Å². The predicted molar refractivity (Wildman–Crippen MR) is 37.3 cm³/mol. The quantitative estimate of drug-likeness (QED) is 0.667. The molecule has 0 aliphatic heterocycles. The number of nitrogens with zero attached hydrogens (tertiary/aromatic N) is 2. The Hall–Kier alpha value is -0.480. The Labute approximate surface area is 58.2 Å². The maximum atomic E-state index is 5.30. The Morgan fingerprint density at radius 2 is 2.56 bits per heavy atom. The van der Waals surface area contributed by atoms with Crippen LogP contribution in [0.3, 0.4) is 0 Å². The van der Waals surface area contributed by atoms with Crippen molar-refractivity contribution < 1.29 is 0 Å². The fourth-order valence-corrected chi connectivity index (χ4v) is 1.04. The molecule has 0 amide bonds. The van der Waals surface area contributed by atoms with Gasteiger partial charge in [-0.1, -0.05) is 0 Å². The van der Waals surface area contributed by atoms with Gasteiger partial charge in [-0.3, -0.25) is 0 Å². The molecule has 0 radical (unpaired) electrons. The van der Waals surface area contributed by atoms with Crippen LogP contribution in [0.25, 0.3) is 0 Å². The van der Waals surface area contributed by atoms with E-state index in [1.54, 1.807) is 6.20 Å². The standard InChI is InChI=1S/C5H9N3S/c6-3-1-2-5-4-7-9-8-5/h4H,1-3,6H2. The summed E-state index contributed by atoms with van der Waals surface area (Å²) in [5, 5.41) is 0. The maximum Gasteiger partial charge on any atom is 0.0743 e. The van der Waals surface area contributed by atoms with E-state index in [1.165, 1.54) is 11.7 Å². The van der Waals surface area contributed by atoms with E-state index in [0.29, 0.717) is 0 Å². The molecule has 0 aromatic carbocycles. The summed E-state index contributed by atoms with van der Waals surface area (Å²) in [6.07, 6.45) is 3.76. The van der Waals surface area contributed by atoms with Crippen LogP contribution in [0.1, 0.15) is 12.1 Å². The normalized spacial score (nSPS) is 9.89. The summed E-state index contributed by atoms with van der Waals surface area (Å²) in [7, 11) is 0. The van der Waals surface area contributed by atoms with Crippen LogP contribution in [0, 0.1) is 0 Å². The number of rotatable bonds is 3. The summed E-state index contributed by atoms with van der Waals surface area (Å²) >= 11 is 1.25. The van der Waals surface area contributed by atoms with Gasteiger partial charge in [-0.15, -0.1) is 0 Å². The van der Waals surface area contributed by atoms with Gasteiger partial charge in [0.05, 0.1) is 23.6 Å². The molecule has 9 heavy (non-hydrogen) atoms. The second-order valence-electron chi connectivity index (χ2n) is 1.79. The molecule has 0 bridgehead atoms. The van der Waals surface area contributed by atoms with Crippen LogP contribution in [0.4, 0.5) is 0 Å². The van der Waals surface area contributed by atoms with Crippen LogP contribution in [-0.4, -0.2) is 15.3 Å². The van der Waals surface area contributed by atoms with Crippen LogP contribution in [0.5, 0.6) is 0 Å². The first kappa shape index (κ1) is 6.64. The number of aromatic nitrogens is 2. The van der Waals surface area contributed by atoms with Crippen molar-refractivity contribution >= 4 is 11.7 Å². The van der Waals surface area contributed by atoms with Crippen molar-refractivity contribution in [3.05, 3.63) is 11.9 Å². The predicted octanol–water partition coefficient (Wildman–Crippen LogP) is 0.429. The molecule has 1 rings (SSSR count). The van der Waals surface area contributed by atoms with E-state index in [4.69, 9.17) is 5.73 Å². The zero-order chi connectivity index (χ0) is 6.53. The Morgan fingerprint density at radius 3 is 3.11 bits per heavy atom. The Balaban J connectivity index is 2.30. The molecule has 50 valence electrons. The summed E-state index contributed by atoms with van der Waals surface area (Å²) in [6.45, 7) is 0.734. The lowest BCUT2D eigenvalue weighted by molar-refractivity contribution is 0.818. The van der Waals surface area contributed by atoms with Crippen LogP contribution in [0.2, 0.25) is 0 Å². The van der Waals surface area contributed by atoms with Crippen molar-refractivity contribution in [3.63, 3.8) is 0 Å². The largest absolute Gasteiger partial charge is 0.330 e. The molecule has 0 atom stereocenters. The highest BCUT2D eigenvalue weighted by Crippen LogP contribution is 1.97. The number of hydrogen-bond donors (Lipinski definition) is 1. The second kappa shape index (κ2) is 3.53. The maximum absolute atomic E-state index is 5.30. The molecule has 0 aliphatic rings. The molecular formula is C5H9N3S. The minimum Gasteiger partial charge on any atom is -0.330 e. The molecule has 0 saturated carbocycles. The number of hydrogen-bond acceptors (Lipinski definition) is 4. The van der Waals surface area contributed by atoms with Gasteiger partial charge < -0.3 is 5.73 Å². The summed E-state index contributed by atoms with van der Waals surface area (Å²) in [5.41, 5.74) is 6.36. The molecule has 0 spiro atoms. The fraction of sp³-hybridized carbons (Fsp3) is 0.600. The monoisotopic (exact) mass is 143 g/mol.